The lowest BCUT2D eigenvalue weighted by Crippen LogP contribution is -2.12. The molecule has 5 nitrogen and oxygen atoms in total. The molecule has 0 bridgehead atoms. The molecule has 0 N–H and O–H groups in total. The summed E-state index contributed by atoms with van der Waals surface area (Å²) in [6.07, 6.45) is 4.27. The Morgan fingerprint density at radius 1 is 1.26 bits per heavy atom. The third-order valence-electron chi connectivity index (χ3n) is 2.53. The van der Waals surface area contributed by atoms with Crippen molar-refractivity contribution >= 4 is 5.91 Å². The van der Waals surface area contributed by atoms with Crippen LogP contribution < -0.4 is 0 Å². The summed E-state index contributed by atoms with van der Waals surface area (Å²) in [4.78, 5) is 16.0. The molecule has 19 heavy (non-hydrogen) atoms. The van der Waals surface area contributed by atoms with Gasteiger partial charge in [0.2, 0.25) is 5.89 Å². The lowest BCUT2D eigenvalue weighted by atomic mass is 10.2. The van der Waals surface area contributed by atoms with Gasteiger partial charge in [-0.15, -0.1) is 0 Å². The minimum absolute atomic E-state index is 0.142. The Balaban J connectivity index is 1.91. The summed E-state index contributed by atoms with van der Waals surface area (Å²) in [6, 6.07) is 7.30. The zero-order valence-electron chi connectivity index (χ0n) is 9.65. The summed E-state index contributed by atoms with van der Waals surface area (Å²) in [5.41, 5.74) is 0.740. The largest absolute Gasteiger partial charge is 0.444 e. The smallest absolute Gasteiger partial charge is 0.300 e. The third-order valence-corrected chi connectivity index (χ3v) is 2.53. The lowest BCUT2D eigenvalue weighted by Gasteiger charge is -1.95. The van der Waals surface area contributed by atoms with Crippen LogP contribution in [-0.4, -0.2) is 20.7 Å². The number of aromatic nitrogens is 3. The van der Waals surface area contributed by atoms with Crippen molar-refractivity contribution in [3.8, 4) is 11.5 Å². The molecule has 0 aliphatic heterocycles. The highest BCUT2D eigenvalue weighted by Gasteiger charge is 2.15. The standard InChI is InChI=1S/C13H8FN3O2/c14-10-4-2-9(3-5-10)12-16-11(8-19-12)13(18)17-7-1-6-15-17/h1-8H. The van der Waals surface area contributed by atoms with Crippen molar-refractivity contribution in [1.82, 2.24) is 14.8 Å². The second kappa shape index (κ2) is 4.49. The first-order valence-corrected chi connectivity index (χ1v) is 5.50. The molecule has 0 saturated carbocycles. The molecule has 6 heteroatoms. The van der Waals surface area contributed by atoms with Gasteiger partial charge in [-0.2, -0.15) is 5.10 Å². The number of hydrogen-bond acceptors (Lipinski definition) is 4. The molecule has 0 saturated heterocycles. The molecule has 0 radical (unpaired) electrons. The highest BCUT2D eigenvalue weighted by molar-refractivity contribution is 5.93. The van der Waals surface area contributed by atoms with Crippen LogP contribution >= 0.6 is 0 Å². The Bertz CT molecular complexity index is 702. The lowest BCUT2D eigenvalue weighted by molar-refractivity contribution is 0.0940. The number of nitrogens with zero attached hydrogens (tertiary/aromatic N) is 3. The van der Waals surface area contributed by atoms with Gasteiger partial charge in [-0.1, -0.05) is 0 Å². The summed E-state index contributed by atoms with van der Waals surface area (Å²) in [5.74, 6) is -0.472. The summed E-state index contributed by atoms with van der Waals surface area (Å²) >= 11 is 0. The molecule has 2 aromatic heterocycles. The van der Waals surface area contributed by atoms with Crippen LogP contribution in [0.5, 0.6) is 0 Å². The van der Waals surface area contributed by atoms with E-state index in [9.17, 15) is 9.18 Å². The van der Waals surface area contributed by atoms with Crippen LogP contribution in [0.25, 0.3) is 11.5 Å². The predicted molar refractivity (Wildman–Crippen MR) is 63.9 cm³/mol. The molecule has 94 valence electrons. The van der Waals surface area contributed by atoms with Gasteiger partial charge >= 0.3 is 0 Å². The predicted octanol–water partition coefficient (Wildman–Crippen LogP) is 2.37. The molecule has 0 unspecified atom stereocenters. The van der Waals surface area contributed by atoms with E-state index in [2.05, 4.69) is 10.1 Å². The topological polar surface area (TPSA) is 60.9 Å². The number of carbonyl (C=O) groups excluding carboxylic acids is 1. The van der Waals surface area contributed by atoms with Gasteiger partial charge in [0.05, 0.1) is 0 Å². The normalized spacial score (nSPS) is 10.6. The average molecular weight is 257 g/mol. The molecule has 0 fully saturated rings. The Morgan fingerprint density at radius 3 is 2.74 bits per heavy atom. The van der Waals surface area contributed by atoms with Crippen LogP contribution in [0, 0.1) is 5.82 Å². The van der Waals surface area contributed by atoms with Gasteiger partial charge in [-0.3, -0.25) is 4.79 Å². The average Bonchev–Trinajstić information content (AvgIpc) is 3.10. The Hall–Kier alpha value is -2.76. The SMILES string of the molecule is O=C(c1coc(-c2ccc(F)cc2)n1)n1cccn1. The third kappa shape index (κ3) is 2.15. The van der Waals surface area contributed by atoms with Gasteiger partial charge in [0, 0.05) is 18.0 Å². The fraction of sp³-hybridized carbons (Fsp3) is 0. The molecule has 1 aromatic carbocycles. The summed E-state index contributed by atoms with van der Waals surface area (Å²) in [6.45, 7) is 0. The highest BCUT2D eigenvalue weighted by Crippen LogP contribution is 2.19. The maximum absolute atomic E-state index is 12.8. The number of hydrogen-bond donors (Lipinski definition) is 0. The van der Waals surface area contributed by atoms with Gasteiger partial charge in [0.1, 0.15) is 12.1 Å². The number of carbonyl (C=O) groups is 1. The molecule has 0 amide bonds. The molecule has 0 atom stereocenters. The monoisotopic (exact) mass is 257 g/mol. The molecule has 0 spiro atoms. The summed E-state index contributed by atoms with van der Waals surface area (Å²) in [5, 5.41) is 3.82. The van der Waals surface area contributed by atoms with Crippen molar-refractivity contribution in [2.75, 3.05) is 0 Å². The molecule has 0 aliphatic carbocycles. The molecule has 3 aromatic rings. The van der Waals surface area contributed by atoms with Crippen LogP contribution in [0.4, 0.5) is 4.39 Å². The summed E-state index contributed by atoms with van der Waals surface area (Å²) < 4.78 is 19.2. The van der Waals surface area contributed by atoms with E-state index >= 15 is 0 Å². The van der Waals surface area contributed by atoms with Crippen LogP contribution in [0.2, 0.25) is 0 Å². The van der Waals surface area contributed by atoms with Crippen molar-refractivity contribution in [2.45, 2.75) is 0 Å². The highest BCUT2D eigenvalue weighted by atomic mass is 19.1. The van der Waals surface area contributed by atoms with Gasteiger partial charge in [0.25, 0.3) is 5.91 Å². The fourth-order valence-electron chi connectivity index (χ4n) is 1.60. The Labute approximate surface area is 107 Å². The zero-order valence-corrected chi connectivity index (χ0v) is 9.65. The second-order valence-electron chi connectivity index (χ2n) is 3.80. The van der Waals surface area contributed by atoms with Crippen LogP contribution in [-0.2, 0) is 0 Å². The van der Waals surface area contributed by atoms with E-state index < -0.39 is 0 Å². The first-order valence-electron chi connectivity index (χ1n) is 5.50. The van der Waals surface area contributed by atoms with Crippen molar-refractivity contribution in [2.24, 2.45) is 0 Å². The zero-order chi connectivity index (χ0) is 13.2. The Morgan fingerprint density at radius 2 is 2.05 bits per heavy atom. The minimum Gasteiger partial charge on any atom is -0.444 e. The van der Waals surface area contributed by atoms with Gasteiger partial charge < -0.3 is 4.42 Å². The van der Waals surface area contributed by atoms with Crippen molar-refractivity contribution in [3.05, 3.63) is 60.5 Å². The van der Waals surface area contributed by atoms with Crippen molar-refractivity contribution in [1.29, 1.82) is 0 Å². The van der Waals surface area contributed by atoms with E-state index in [-0.39, 0.29) is 23.3 Å². The van der Waals surface area contributed by atoms with E-state index in [1.165, 1.54) is 42.9 Å². The number of benzene rings is 1. The van der Waals surface area contributed by atoms with Gasteiger partial charge in [-0.05, 0) is 30.3 Å². The fourth-order valence-corrected chi connectivity index (χ4v) is 1.60. The van der Waals surface area contributed by atoms with E-state index in [4.69, 9.17) is 4.42 Å². The van der Waals surface area contributed by atoms with Crippen molar-refractivity contribution < 1.29 is 13.6 Å². The van der Waals surface area contributed by atoms with Gasteiger partial charge in [-0.25, -0.2) is 14.1 Å². The molecular formula is C13H8FN3O2. The maximum atomic E-state index is 12.8. The second-order valence-corrected chi connectivity index (χ2v) is 3.80. The van der Waals surface area contributed by atoms with E-state index in [0.29, 0.717) is 5.56 Å². The molecular weight excluding hydrogens is 249 g/mol. The first kappa shape index (κ1) is 11.3. The molecule has 3 rings (SSSR count). The van der Waals surface area contributed by atoms with Gasteiger partial charge in [0.15, 0.2) is 5.69 Å². The maximum Gasteiger partial charge on any atom is 0.300 e. The first-order chi connectivity index (χ1) is 9.24. The van der Waals surface area contributed by atoms with Crippen LogP contribution in [0.3, 0.4) is 0 Å². The van der Waals surface area contributed by atoms with Crippen molar-refractivity contribution in [3.63, 3.8) is 0 Å². The van der Waals surface area contributed by atoms with E-state index in [1.807, 2.05) is 0 Å². The quantitative estimate of drug-likeness (QED) is 0.707. The number of halogens is 1. The minimum atomic E-state index is -0.387. The Kier molecular flexibility index (Phi) is 2.68. The van der Waals surface area contributed by atoms with Crippen LogP contribution in [0.1, 0.15) is 10.5 Å². The number of rotatable bonds is 2. The summed E-state index contributed by atoms with van der Waals surface area (Å²) in [7, 11) is 0. The molecule has 2 heterocycles. The molecule has 0 aliphatic rings. The van der Waals surface area contributed by atoms with E-state index in [1.54, 1.807) is 6.07 Å². The van der Waals surface area contributed by atoms with E-state index in [0.717, 1.165) is 4.68 Å². The van der Waals surface area contributed by atoms with Crippen LogP contribution in [0.15, 0.2) is 53.4 Å². The number of oxazole rings is 1.